The second kappa shape index (κ2) is 3.86. The van der Waals surface area contributed by atoms with Gasteiger partial charge in [0.1, 0.15) is 0 Å². The number of rotatable bonds is 2. The third kappa shape index (κ3) is 2.66. The van der Waals surface area contributed by atoms with Crippen LogP contribution in [0, 0.1) is 0 Å². The van der Waals surface area contributed by atoms with E-state index in [9.17, 15) is 8.42 Å². The first-order valence-electron chi connectivity index (χ1n) is 4.44. The van der Waals surface area contributed by atoms with Crippen LogP contribution in [0.1, 0.15) is 0 Å². The van der Waals surface area contributed by atoms with Crippen molar-refractivity contribution < 1.29 is 8.42 Å². The van der Waals surface area contributed by atoms with Crippen LogP contribution in [0.4, 0.5) is 5.69 Å². The molecule has 1 heterocycles. The SMILES string of the molecule is O=S1(=O)C=CC(=NNc2ccccc2)C1. The molecule has 0 amide bonds. The van der Waals surface area contributed by atoms with E-state index in [1.165, 1.54) is 11.5 Å². The molecule has 1 aromatic rings. The molecule has 0 aromatic heterocycles. The van der Waals surface area contributed by atoms with Crippen LogP contribution < -0.4 is 5.43 Å². The smallest absolute Gasteiger partial charge is 0.177 e. The second-order valence-electron chi connectivity index (χ2n) is 3.19. The summed E-state index contributed by atoms with van der Waals surface area (Å²) in [5.74, 6) is -0.0210. The zero-order chi connectivity index (χ0) is 10.7. The Morgan fingerprint density at radius 1 is 1.20 bits per heavy atom. The van der Waals surface area contributed by atoms with E-state index >= 15 is 0 Å². The second-order valence-corrected chi connectivity index (χ2v) is 5.08. The molecule has 1 aliphatic heterocycles. The summed E-state index contributed by atoms with van der Waals surface area (Å²) in [6, 6.07) is 9.38. The van der Waals surface area contributed by atoms with Gasteiger partial charge in [-0.15, -0.1) is 0 Å². The van der Waals surface area contributed by atoms with Gasteiger partial charge >= 0.3 is 0 Å². The van der Waals surface area contributed by atoms with Crippen molar-refractivity contribution in [1.82, 2.24) is 0 Å². The van der Waals surface area contributed by atoms with Crippen molar-refractivity contribution in [2.45, 2.75) is 0 Å². The van der Waals surface area contributed by atoms with E-state index in [-0.39, 0.29) is 5.75 Å². The summed E-state index contributed by atoms with van der Waals surface area (Å²) in [4.78, 5) is 0. The normalized spacial score (nSPS) is 20.7. The Morgan fingerprint density at radius 3 is 2.53 bits per heavy atom. The number of hydrogen-bond donors (Lipinski definition) is 1. The van der Waals surface area contributed by atoms with Gasteiger partial charge < -0.3 is 0 Å². The molecule has 0 atom stereocenters. The molecule has 0 saturated heterocycles. The van der Waals surface area contributed by atoms with Gasteiger partial charge in [-0.3, -0.25) is 5.43 Å². The number of benzene rings is 1. The summed E-state index contributed by atoms with van der Waals surface area (Å²) in [5, 5.41) is 5.17. The van der Waals surface area contributed by atoms with Gasteiger partial charge in [-0.2, -0.15) is 5.10 Å². The van der Waals surface area contributed by atoms with Gasteiger partial charge in [-0.25, -0.2) is 8.42 Å². The first-order valence-corrected chi connectivity index (χ1v) is 6.16. The minimum Gasteiger partial charge on any atom is -0.278 e. The maximum Gasteiger partial charge on any atom is 0.177 e. The topological polar surface area (TPSA) is 58.5 Å². The summed E-state index contributed by atoms with van der Waals surface area (Å²) < 4.78 is 22.1. The third-order valence-electron chi connectivity index (χ3n) is 1.92. The molecular formula is C10H10N2O2S. The van der Waals surface area contributed by atoms with Crippen molar-refractivity contribution in [3.05, 3.63) is 41.8 Å². The quantitative estimate of drug-likeness (QED) is 0.769. The number of nitrogens with zero attached hydrogens (tertiary/aromatic N) is 1. The first kappa shape index (κ1) is 9.92. The average molecular weight is 222 g/mol. The van der Waals surface area contributed by atoms with Gasteiger partial charge in [-0.05, 0) is 18.2 Å². The molecule has 0 aliphatic carbocycles. The Morgan fingerprint density at radius 2 is 1.93 bits per heavy atom. The maximum atomic E-state index is 11.1. The van der Waals surface area contributed by atoms with E-state index in [0.717, 1.165) is 5.69 Å². The van der Waals surface area contributed by atoms with Crippen LogP contribution in [0.25, 0.3) is 0 Å². The van der Waals surface area contributed by atoms with Gasteiger partial charge in [0.2, 0.25) is 0 Å². The fourth-order valence-corrected chi connectivity index (χ4v) is 2.24. The predicted molar refractivity (Wildman–Crippen MR) is 60.4 cm³/mol. The molecule has 0 spiro atoms. The maximum absolute atomic E-state index is 11.1. The third-order valence-corrected chi connectivity index (χ3v) is 3.17. The molecule has 1 aromatic carbocycles. The number of para-hydroxylation sites is 1. The Bertz CT molecular complexity index is 503. The fourth-order valence-electron chi connectivity index (χ4n) is 1.20. The van der Waals surface area contributed by atoms with E-state index in [4.69, 9.17) is 0 Å². The number of hydrogen-bond acceptors (Lipinski definition) is 4. The van der Waals surface area contributed by atoms with Crippen molar-refractivity contribution in [1.29, 1.82) is 0 Å². The van der Waals surface area contributed by atoms with Crippen LogP contribution in [0.2, 0.25) is 0 Å². The number of allylic oxidation sites excluding steroid dienone is 1. The highest BCUT2D eigenvalue weighted by molar-refractivity contribution is 7.95. The largest absolute Gasteiger partial charge is 0.278 e. The van der Waals surface area contributed by atoms with Gasteiger partial charge in [-0.1, -0.05) is 18.2 Å². The van der Waals surface area contributed by atoms with E-state index < -0.39 is 9.84 Å². The standard InChI is InChI=1S/C10H10N2O2S/c13-15(14)7-6-10(8-15)12-11-9-4-2-1-3-5-9/h1-7,11H,8H2. The molecule has 4 nitrogen and oxygen atoms in total. The monoisotopic (exact) mass is 222 g/mol. The number of hydrazone groups is 1. The lowest BCUT2D eigenvalue weighted by molar-refractivity contribution is 0.609. The lowest BCUT2D eigenvalue weighted by Crippen LogP contribution is -2.06. The zero-order valence-electron chi connectivity index (χ0n) is 7.92. The van der Waals surface area contributed by atoms with Gasteiger partial charge in [0.15, 0.2) is 9.84 Å². The Labute approximate surface area is 88.2 Å². The highest BCUT2D eigenvalue weighted by atomic mass is 32.2. The molecule has 15 heavy (non-hydrogen) atoms. The van der Waals surface area contributed by atoms with E-state index in [0.29, 0.717) is 5.71 Å². The number of sulfone groups is 1. The summed E-state index contributed by atoms with van der Waals surface area (Å²) in [5.41, 5.74) is 4.16. The van der Waals surface area contributed by atoms with Crippen molar-refractivity contribution in [2.75, 3.05) is 11.2 Å². The van der Waals surface area contributed by atoms with Crippen molar-refractivity contribution in [3.63, 3.8) is 0 Å². The number of nitrogens with one attached hydrogen (secondary N) is 1. The van der Waals surface area contributed by atoms with Crippen LogP contribution in [0.5, 0.6) is 0 Å². The summed E-state index contributed by atoms with van der Waals surface area (Å²) in [6.07, 6.45) is 1.51. The van der Waals surface area contributed by atoms with E-state index in [2.05, 4.69) is 10.5 Å². The molecular weight excluding hydrogens is 212 g/mol. The molecule has 5 heteroatoms. The molecule has 1 N–H and O–H groups in total. The minimum atomic E-state index is -3.05. The Hall–Kier alpha value is -1.62. The molecule has 0 radical (unpaired) electrons. The van der Waals surface area contributed by atoms with Crippen LogP contribution in [0.15, 0.2) is 46.9 Å². The lowest BCUT2D eigenvalue weighted by atomic mass is 10.3. The molecule has 0 bridgehead atoms. The average Bonchev–Trinajstić information content (AvgIpc) is 2.57. The van der Waals surface area contributed by atoms with Crippen molar-refractivity contribution in [2.24, 2.45) is 5.10 Å². The van der Waals surface area contributed by atoms with Crippen molar-refractivity contribution >= 4 is 21.2 Å². The Kier molecular flexibility index (Phi) is 2.55. The number of anilines is 1. The van der Waals surface area contributed by atoms with Crippen LogP contribution in [-0.2, 0) is 9.84 Å². The highest BCUT2D eigenvalue weighted by Crippen LogP contribution is 2.08. The highest BCUT2D eigenvalue weighted by Gasteiger charge is 2.16. The molecule has 2 rings (SSSR count). The molecule has 0 saturated carbocycles. The summed E-state index contributed by atoms with van der Waals surface area (Å²) in [6.45, 7) is 0. The zero-order valence-corrected chi connectivity index (χ0v) is 8.74. The van der Waals surface area contributed by atoms with Gasteiger partial charge in [0, 0.05) is 5.41 Å². The summed E-state index contributed by atoms with van der Waals surface area (Å²) >= 11 is 0. The van der Waals surface area contributed by atoms with Crippen LogP contribution >= 0.6 is 0 Å². The lowest BCUT2D eigenvalue weighted by Gasteiger charge is -1.99. The molecule has 0 unspecified atom stereocenters. The Balaban J connectivity index is 2.06. The van der Waals surface area contributed by atoms with Crippen molar-refractivity contribution in [3.8, 4) is 0 Å². The molecule has 1 aliphatic rings. The predicted octanol–water partition coefficient (Wildman–Crippen LogP) is 1.40. The summed E-state index contributed by atoms with van der Waals surface area (Å²) in [7, 11) is -3.05. The first-order chi connectivity index (χ1) is 7.16. The van der Waals surface area contributed by atoms with E-state index in [1.54, 1.807) is 0 Å². The minimum absolute atomic E-state index is 0.0210. The van der Waals surface area contributed by atoms with E-state index in [1.807, 2.05) is 30.3 Å². The fraction of sp³-hybridized carbons (Fsp3) is 0.100. The van der Waals surface area contributed by atoms with Crippen LogP contribution in [0.3, 0.4) is 0 Å². The molecule has 78 valence electrons. The van der Waals surface area contributed by atoms with Gasteiger partial charge in [0.05, 0.1) is 17.2 Å². The van der Waals surface area contributed by atoms with Crippen LogP contribution in [-0.4, -0.2) is 19.9 Å². The van der Waals surface area contributed by atoms with Gasteiger partial charge in [0.25, 0.3) is 0 Å². The molecule has 0 fully saturated rings.